The van der Waals surface area contributed by atoms with Crippen LogP contribution in [0.15, 0.2) is 12.1 Å². The molecular formula is C13H18ClNO3. The van der Waals surface area contributed by atoms with Gasteiger partial charge in [-0.15, -0.1) is 11.6 Å². The van der Waals surface area contributed by atoms with Crippen LogP contribution in [0.5, 0.6) is 11.5 Å². The lowest BCUT2D eigenvalue weighted by Gasteiger charge is -2.14. The van der Waals surface area contributed by atoms with Crippen molar-refractivity contribution in [2.24, 2.45) is 0 Å². The molecule has 1 heterocycles. The third kappa shape index (κ3) is 3.00. The first-order valence-corrected chi connectivity index (χ1v) is 6.68. The summed E-state index contributed by atoms with van der Waals surface area (Å²) in [7, 11) is 0. The zero-order valence-electron chi connectivity index (χ0n) is 10.4. The van der Waals surface area contributed by atoms with Gasteiger partial charge in [-0.3, -0.25) is 0 Å². The Labute approximate surface area is 112 Å². The fourth-order valence-corrected chi connectivity index (χ4v) is 2.02. The van der Waals surface area contributed by atoms with Gasteiger partial charge in [0, 0.05) is 18.3 Å². The Morgan fingerprint density at radius 2 is 2.11 bits per heavy atom. The number of halogens is 1. The zero-order valence-corrected chi connectivity index (χ0v) is 11.2. The molecule has 0 aromatic heterocycles. The minimum Gasteiger partial charge on any atom is -0.454 e. The highest BCUT2D eigenvalue weighted by Crippen LogP contribution is 2.37. The van der Waals surface area contributed by atoms with Crippen molar-refractivity contribution >= 4 is 17.3 Å². The van der Waals surface area contributed by atoms with Crippen LogP contribution in [0, 0.1) is 0 Å². The van der Waals surface area contributed by atoms with Crippen molar-refractivity contribution in [1.29, 1.82) is 0 Å². The van der Waals surface area contributed by atoms with E-state index in [9.17, 15) is 5.11 Å². The molecule has 0 bridgehead atoms. The van der Waals surface area contributed by atoms with Crippen LogP contribution in [0.4, 0.5) is 5.69 Å². The third-order valence-electron chi connectivity index (χ3n) is 2.82. The van der Waals surface area contributed by atoms with E-state index < -0.39 is 6.10 Å². The van der Waals surface area contributed by atoms with Crippen LogP contribution in [0.1, 0.15) is 18.9 Å². The van der Waals surface area contributed by atoms with Gasteiger partial charge < -0.3 is 19.9 Å². The lowest BCUT2D eigenvalue weighted by Crippen LogP contribution is -2.21. The molecule has 0 aliphatic carbocycles. The lowest BCUT2D eigenvalue weighted by molar-refractivity contribution is 0.174. The highest BCUT2D eigenvalue weighted by atomic mass is 35.5. The molecule has 0 radical (unpaired) electrons. The topological polar surface area (TPSA) is 50.7 Å². The van der Waals surface area contributed by atoms with E-state index in [1.807, 2.05) is 12.1 Å². The van der Waals surface area contributed by atoms with E-state index in [0.717, 1.165) is 30.0 Å². The van der Waals surface area contributed by atoms with E-state index in [4.69, 9.17) is 21.1 Å². The molecule has 1 aromatic rings. The van der Waals surface area contributed by atoms with Crippen LogP contribution >= 0.6 is 11.6 Å². The van der Waals surface area contributed by atoms with Gasteiger partial charge in [-0.05, 0) is 18.1 Å². The number of aliphatic hydroxyl groups excluding tert-OH is 1. The SMILES string of the molecule is CCCc1cc2c(cc1NCC(O)CCl)OCO2. The predicted molar refractivity (Wildman–Crippen MR) is 71.8 cm³/mol. The maximum absolute atomic E-state index is 9.48. The van der Waals surface area contributed by atoms with Gasteiger partial charge in [-0.1, -0.05) is 13.3 Å². The van der Waals surface area contributed by atoms with Crippen molar-refractivity contribution in [3.63, 3.8) is 0 Å². The Bertz CT molecular complexity index is 411. The summed E-state index contributed by atoms with van der Waals surface area (Å²) in [6, 6.07) is 3.93. The maximum Gasteiger partial charge on any atom is 0.231 e. The summed E-state index contributed by atoms with van der Waals surface area (Å²) in [5.41, 5.74) is 2.15. The van der Waals surface area contributed by atoms with E-state index in [-0.39, 0.29) is 12.7 Å². The second-order valence-electron chi connectivity index (χ2n) is 4.30. The van der Waals surface area contributed by atoms with Crippen molar-refractivity contribution in [3.05, 3.63) is 17.7 Å². The number of aliphatic hydroxyl groups is 1. The van der Waals surface area contributed by atoms with Crippen molar-refractivity contribution in [1.82, 2.24) is 0 Å². The van der Waals surface area contributed by atoms with Gasteiger partial charge in [0.2, 0.25) is 6.79 Å². The van der Waals surface area contributed by atoms with Gasteiger partial charge in [0.15, 0.2) is 11.5 Å². The molecule has 2 rings (SSSR count). The van der Waals surface area contributed by atoms with Crippen LogP contribution in [0.25, 0.3) is 0 Å². The van der Waals surface area contributed by atoms with E-state index in [2.05, 4.69) is 12.2 Å². The number of hydrogen-bond acceptors (Lipinski definition) is 4. The molecule has 0 amide bonds. The highest BCUT2D eigenvalue weighted by molar-refractivity contribution is 6.18. The first kappa shape index (κ1) is 13.3. The number of hydrogen-bond donors (Lipinski definition) is 2. The molecule has 4 nitrogen and oxygen atoms in total. The van der Waals surface area contributed by atoms with Crippen LogP contribution in [0.3, 0.4) is 0 Å². The van der Waals surface area contributed by atoms with E-state index in [1.54, 1.807) is 0 Å². The molecule has 5 heteroatoms. The predicted octanol–water partition coefficient (Wildman–Crippen LogP) is 2.38. The lowest BCUT2D eigenvalue weighted by atomic mass is 10.1. The molecule has 0 saturated carbocycles. The van der Waals surface area contributed by atoms with Gasteiger partial charge in [-0.25, -0.2) is 0 Å². The van der Waals surface area contributed by atoms with Gasteiger partial charge in [0.25, 0.3) is 0 Å². The summed E-state index contributed by atoms with van der Waals surface area (Å²) in [4.78, 5) is 0. The average Bonchev–Trinajstić information content (AvgIpc) is 2.83. The van der Waals surface area contributed by atoms with Gasteiger partial charge >= 0.3 is 0 Å². The van der Waals surface area contributed by atoms with Gasteiger partial charge in [0.1, 0.15) is 0 Å². The molecule has 18 heavy (non-hydrogen) atoms. The van der Waals surface area contributed by atoms with E-state index in [1.165, 1.54) is 5.56 Å². The van der Waals surface area contributed by atoms with Crippen LogP contribution < -0.4 is 14.8 Å². The van der Waals surface area contributed by atoms with E-state index >= 15 is 0 Å². The number of anilines is 1. The summed E-state index contributed by atoms with van der Waals surface area (Å²) in [6.07, 6.45) is 1.45. The molecule has 1 aliphatic rings. The molecule has 0 spiro atoms. The van der Waals surface area contributed by atoms with Crippen molar-refractivity contribution in [2.75, 3.05) is 24.5 Å². The number of nitrogens with one attached hydrogen (secondary N) is 1. The molecule has 100 valence electrons. The summed E-state index contributed by atoms with van der Waals surface area (Å²) in [5, 5.41) is 12.7. The Hall–Kier alpha value is -1.13. The number of aryl methyl sites for hydroxylation is 1. The Morgan fingerprint density at radius 3 is 2.78 bits per heavy atom. The molecule has 2 N–H and O–H groups in total. The van der Waals surface area contributed by atoms with E-state index in [0.29, 0.717) is 6.54 Å². The van der Waals surface area contributed by atoms with Gasteiger partial charge in [-0.2, -0.15) is 0 Å². The number of rotatable bonds is 6. The standard InChI is InChI=1S/C13H18ClNO3/c1-2-3-9-4-12-13(18-8-17-12)5-11(9)15-7-10(16)6-14/h4-5,10,15-16H,2-3,6-8H2,1H3. The minimum atomic E-state index is -0.549. The van der Waals surface area contributed by atoms with Crippen LogP contribution in [-0.2, 0) is 6.42 Å². The van der Waals surface area contributed by atoms with Crippen molar-refractivity contribution < 1.29 is 14.6 Å². The minimum absolute atomic E-state index is 0.223. The quantitative estimate of drug-likeness (QED) is 0.780. The Kier molecular flexibility index (Phi) is 4.55. The maximum atomic E-state index is 9.48. The molecule has 1 aliphatic heterocycles. The Balaban J connectivity index is 2.15. The first-order chi connectivity index (χ1) is 8.74. The largest absolute Gasteiger partial charge is 0.454 e. The summed E-state index contributed by atoms with van der Waals surface area (Å²) in [6.45, 7) is 2.83. The molecule has 1 aromatic carbocycles. The molecule has 0 fully saturated rings. The molecule has 1 atom stereocenters. The highest BCUT2D eigenvalue weighted by Gasteiger charge is 2.17. The number of fused-ring (bicyclic) bond motifs is 1. The second-order valence-corrected chi connectivity index (χ2v) is 4.61. The van der Waals surface area contributed by atoms with Crippen LogP contribution in [-0.4, -0.2) is 30.4 Å². The number of alkyl halides is 1. The average molecular weight is 272 g/mol. The molecule has 0 saturated heterocycles. The third-order valence-corrected chi connectivity index (χ3v) is 3.18. The number of ether oxygens (including phenoxy) is 2. The summed E-state index contributed by atoms with van der Waals surface area (Å²) in [5.74, 6) is 1.76. The second kappa shape index (κ2) is 6.16. The smallest absolute Gasteiger partial charge is 0.231 e. The van der Waals surface area contributed by atoms with Crippen molar-refractivity contribution in [3.8, 4) is 11.5 Å². The first-order valence-electron chi connectivity index (χ1n) is 6.15. The molecular weight excluding hydrogens is 254 g/mol. The summed E-state index contributed by atoms with van der Waals surface area (Å²) < 4.78 is 10.7. The van der Waals surface area contributed by atoms with Crippen LogP contribution in [0.2, 0.25) is 0 Å². The number of benzene rings is 1. The summed E-state index contributed by atoms with van der Waals surface area (Å²) >= 11 is 5.58. The normalized spacial score (nSPS) is 14.6. The zero-order chi connectivity index (χ0) is 13.0. The van der Waals surface area contributed by atoms with Gasteiger partial charge in [0.05, 0.1) is 12.0 Å². The Morgan fingerprint density at radius 1 is 1.39 bits per heavy atom. The fraction of sp³-hybridized carbons (Fsp3) is 0.538. The van der Waals surface area contributed by atoms with Crippen molar-refractivity contribution in [2.45, 2.75) is 25.9 Å². The monoisotopic (exact) mass is 271 g/mol. The fourth-order valence-electron chi connectivity index (χ4n) is 1.91. The molecule has 1 unspecified atom stereocenters.